The normalized spacial score (nSPS) is 11.5. The van der Waals surface area contributed by atoms with Crippen LogP contribution in [-0.2, 0) is 6.18 Å². The molecule has 0 aliphatic heterocycles. The summed E-state index contributed by atoms with van der Waals surface area (Å²) in [6.07, 6.45) is -2.94. The molecule has 2 aromatic rings. The van der Waals surface area contributed by atoms with Gasteiger partial charge >= 0.3 is 6.18 Å². The third kappa shape index (κ3) is 2.35. The highest BCUT2D eigenvalue weighted by molar-refractivity contribution is 5.70. The maximum atomic E-state index is 12.3. The van der Waals surface area contributed by atoms with E-state index in [9.17, 15) is 13.2 Å². The molecule has 6 heteroatoms. The summed E-state index contributed by atoms with van der Waals surface area (Å²) in [6.45, 7) is 0. The number of halogens is 3. The van der Waals surface area contributed by atoms with E-state index in [-0.39, 0.29) is 5.82 Å². The number of hydrogen-bond acceptors (Lipinski definition) is 3. The van der Waals surface area contributed by atoms with Crippen LogP contribution in [0.4, 0.5) is 18.9 Å². The van der Waals surface area contributed by atoms with Gasteiger partial charge in [-0.15, -0.1) is 0 Å². The second kappa shape index (κ2) is 4.04. The second-order valence-corrected chi connectivity index (χ2v) is 3.38. The van der Waals surface area contributed by atoms with Crippen LogP contribution >= 0.6 is 0 Å². The van der Waals surface area contributed by atoms with E-state index in [1.54, 1.807) is 24.3 Å². The second-order valence-electron chi connectivity index (χ2n) is 3.38. The standard InChI is InChI=1S/C11H8F3N3/c12-11(13,14)7-5-16-10(17-6-7)8-3-1-2-4-9(8)15/h1-6H,15H2. The Morgan fingerprint density at radius 2 is 1.59 bits per heavy atom. The zero-order valence-electron chi connectivity index (χ0n) is 8.57. The maximum Gasteiger partial charge on any atom is 0.419 e. The number of para-hydroxylation sites is 1. The third-order valence-electron chi connectivity index (χ3n) is 2.18. The van der Waals surface area contributed by atoms with Gasteiger partial charge in [0.2, 0.25) is 0 Å². The number of nitrogens with zero attached hydrogens (tertiary/aromatic N) is 2. The lowest BCUT2D eigenvalue weighted by Gasteiger charge is -2.07. The van der Waals surface area contributed by atoms with Gasteiger partial charge in [-0.3, -0.25) is 0 Å². The zero-order chi connectivity index (χ0) is 12.5. The van der Waals surface area contributed by atoms with Gasteiger partial charge in [-0.1, -0.05) is 12.1 Å². The average molecular weight is 239 g/mol. The first-order valence-corrected chi connectivity index (χ1v) is 4.72. The Hall–Kier alpha value is -2.11. The predicted molar refractivity (Wildman–Crippen MR) is 56.9 cm³/mol. The van der Waals surface area contributed by atoms with E-state index < -0.39 is 11.7 Å². The van der Waals surface area contributed by atoms with Gasteiger partial charge in [0, 0.05) is 23.6 Å². The quantitative estimate of drug-likeness (QED) is 0.778. The van der Waals surface area contributed by atoms with E-state index in [0.717, 1.165) is 12.4 Å². The van der Waals surface area contributed by atoms with Crippen molar-refractivity contribution in [1.82, 2.24) is 9.97 Å². The van der Waals surface area contributed by atoms with Crippen molar-refractivity contribution in [3.05, 3.63) is 42.2 Å². The van der Waals surface area contributed by atoms with Gasteiger partial charge in [0.1, 0.15) is 0 Å². The van der Waals surface area contributed by atoms with Crippen molar-refractivity contribution in [2.24, 2.45) is 0 Å². The Morgan fingerprint density at radius 3 is 2.12 bits per heavy atom. The number of nitrogen functional groups attached to an aromatic ring is 1. The topological polar surface area (TPSA) is 51.8 Å². The smallest absolute Gasteiger partial charge is 0.398 e. The number of anilines is 1. The lowest BCUT2D eigenvalue weighted by atomic mass is 10.1. The fraction of sp³-hybridized carbons (Fsp3) is 0.0909. The summed E-state index contributed by atoms with van der Waals surface area (Å²) < 4.78 is 36.9. The number of benzene rings is 1. The highest BCUT2D eigenvalue weighted by Crippen LogP contribution is 2.29. The Kier molecular flexibility index (Phi) is 2.71. The molecule has 3 nitrogen and oxygen atoms in total. The SMILES string of the molecule is Nc1ccccc1-c1ncc(C(F)(F)F)cn1. The van der Waals surface area contributed by atoms with Crippen LogP contribution in [0, 0.1) is 0 Å². The number of aromatic nitrogens is 2. The van der Waals surface area contributed by atoms with Crippen LogP contribution in [0.3, 0.4) is 0 Å². The minimum Gasteiger partial charge on any atom is -0.398 e. The molecule has 1 aromatic carbocycles. The number of hydrogen-bond donors (Lipinski definition) is 1. The molecule has 0 radical (unpaired) electrons. The van der Waals surface area contributed by atoms with Crippen molar-refractivity contribution in [3.63, 3.8) is 0 Å². The van der Waals surface area contributed by atoms with Gasteiger partial charge in [-0.2, -0.15) is 13.2 Å². The van der Waals surface area contributed by atoms with Crippen LogP contribution in [0.25, 0.3) is 11.4 Å². The molecule has 0 saturated carbocycles. The zero-order valence-corrected chi connectivity index (χ0v) is 8.57. The van der Waals surface area contributed by atoms with Crippen LogP contribution in [0.5, 0.6) is 0 Å². The Morgan fingerprint density at radius 1 is 1.00 bits per heavy atom. The molecule has 1 aromatic heterocycles. The predicted octanol–water partition coefficient (Wildman–Crippen LogP) is 2.74. The molecule has 2 N–H and O–H groups in total. The minimum atomic E-state index is -4.43. The van der Waals surface area contributed by atoms with Gasteiger partial charge in [-0.25, -0.2) is 9.97 Å². The van der Waals surface area contributed by atoms with Gasteiger partial charge in [0.25, 0.3) is 0 Å². The van der Waals surface area contributed by atoms with Crippen LogP contribution in [0.15, 0.2) is 36.7 Å². The molecule has 2 rings (SSSR count). The molecule has 0 aliphatic carbocycles. The maximum absolute atomic E-state index is 12.3. The number of rotatable bonds is 1. The van der Waals surface area contributed by atoms with Crippen LogP contribution < -0.4 is 5.73 Å². The van der Waals surface area contributed by atoms with Gasteiger partial charge < -0.3 is 5.73 Å². The van der Waals surface area contributed by atoms with Gasteiger partial charge in [-0.05, 0) is 12.1 Å². The molecule has 0 spiro atoms. The summed E-state index contributed by atoms with van der Waals surface area (Å²) in [6, 6.07) is 6.73. The van der Waals surface area contributed by atoms with Crippen molar-refractivity contribution in [2.45, 2.75) is 6.18 Å². The van der Waals surface area contributed by atoms with E-state index in [4.69, 9.17) is 5.73 Å². The molecule has 0 atom stereocenters. The van der Waals surface area contributed by atoms with E-state index in [2.05, 4.69) is 9.97 Å². The van der Waals surface area contributed by atoms with Gasteiger partial charge in [0.05, 0.1) is 5.56 Å². The Labute approximate surface area is 95.1 Å². The summed E-state index contributed by atoms with van der Waals surface area (Å²) in [7, 11) is 0. The molecule has 17 heavy (non-hydrogen) atoms. The lowest BCUT2D eigenvalue weighted by Crippen LogP contribution is -2.06. The summed E-state index contributed by atoms with van der Waals surface area (Å²) in [5.41, 5.74) is 5.73. The third-order valence-corrected chi connectivity index (χ3v) is 2.18. The van der Waals surface area contributed by atoms with E-state index in [1.807, 2.05) is 0 Å². The van der Waals surface area contributed by atoms with Gasteiger partial charge in [0.15, 0.2) is 5.82 Å². The fourth-order valence-electron chi connectivity index (χ4n) is 1.31. The minimum absolute atomic E-state index is 0.177. The Bertz CT molecular complexity index is 520. The van der Waals surface area contributed by atoms with Crippen LogP contribution in [-0.4, -0.2) is 9.97 Å². The first-order valence-electron chi connectivity index (χ1n) is 4.72. The fourth-order valence-corrected chi connectivity index (χ4v) is 1.31. The highest BCUT2D eigenvalue weighted by atomic mass is 19.4. The van der Waals surface area contributed by atoms with Crippen molar-refractivity contribution >= 4 is 5.69 Å². The molecule has 88 valence electrons. The van der Waals surface area contributed by atoms with Crippen molar-refractivity contribution in [2.75, 3.05) is 5.73 Å². The van der Waals surface area contributed by atoms with E-state index >= 15 is 0 Å². The largest absolute Gasteiger partial charge is 0.419 e. The summed E-state index contributed by atoms with van der Waals surface area (Å²) in [5, 5.41) is 0. The van der Waals surface area contributed by atoms with Crippen LogP contribution in [0.1, 0.15) is 5.56 Å². The van der Waals surface area contributed by atoms with Crippen molar-refractivity contribution in [3.8, 4) is 11.4 Å². The lowest BCUT2D eigenvalue weighted by molar-refractivity contribution is -0.138. The number of nitrogens with two attached hydrogens (primary N) is 1. The molecule has 0 amide bonds. The van der Waals surface area contributed by atoms with Crippen LogP contribution in [0.2, 0.25) is 0 Å². The van der Waals surface area contributed by atoms with E-state index in [1.165, 1.54) is 0 Å². The molecule has 0 unspecified atom stereocenters. The molecular formula is C11H8F3N3. The molecular weight excluding hydrogens is 231 g/mol. The summed E-state index contributed by atoms with van der Waals surface area (Å²) in [4.78, 5) is 7.33. The Balaban J connectivity index is 2.40. The molecule has 1 heterocycles. The molecule has 0 saturated heterocycles. The first kappa shape index (κ1) is 11.4. The monoisotopic (exact) mass is 239 g/mol. The number of alkyl halides is 3. The van der Waals surface area contributed by atoms with Crippen molar-refractivity contribution in [1.29, 1.82) is 0 Å². The summed E-state index contributed by atoms with van der Waals surface area (Å²) >= 11 is 0. The summed E-state index contributed by atoms with van der Waals surface area (Å²) in [5.74, 6) is 0.177. The van der Waals surface area contributed by atoms with E-state index in [0.29, 0.717) is 11.3 Å². The highest BCUT2D eigenvalue weighted by Gasteiger charge is 2.31. The molecule has 0 bridgehead atoms. The molecule has 0 fully saturated rings. The first-order chi connectivity index (χ1) is 7.98. The van der Waals surface area contributed by atoms with Crippen molar-refractivity contribution < 1.29 is 13.2 Å². The molecule has 0 aliphatic rings. The average Bonchev–Trinajstić information content (AvgIpc) is 2.29.